The highest BCUT2D eigenvalue weighted by molar-refractivity contribution is 6.00. The van der Waals surface area contributed by atoms with Gasteiger partial charge in [0.1, 0.15) is 6.26 Å². The van der Waals surface area contributed by atoms with E-state index >= 15 is 0 Å². The van der Waals surface area contributed by atoms with Crippen molar-refractivity contribution in [2.75, 3.05) is 5.32 Å². The Morgan fingerprint density at radius 1 is 1.35 bits per heavy atom. The number of nitrogens with one attached hydrogen (secondary N) is 2. The van der Waals surface area contributed by atoms with E-state index in [4.69, 9.17) is 4.84 Å². The molecule has 17 heavy (non-hydrogen) atoms. The summed E-state index contributed by atoms with van der Waals surface area (Å²) in [5.74, 6) is -0.136. The zero-order valence-electron chi connectivity index (χ0n) is 10.2. The highest BCUT2D eigenvalue weighted by Gasteiger charge is 2.34. The van der Waals surface area contributed by atoms with E-state index < -0.39 is 5.54 Å². The molecule has 0 fully saturated rings. The SMILES string of the molecule is Cc1cccc(C)c1NC(=O)C1(C)C=CON1. The summed E-state index contributed by atoms with van der Waals surface area (Å²) in [5, 5.41) is 2.93. The molecular weight excluding hydrogens is 216 g/mol. The molecule has 0 aromatic heterocycles. The molecule has 1 amide bonds. The quantitative estimate of drug-likeness (QED) is 0.820. The third kappa shape index (κ3) is 2.17. The molecule has 4 heteroatoms. The van der Waals surface area contributed by atoms with E-state index in [0.717, 1.165) is 16.8 Å². The molecular formula is C13H16N2O2. The van der Waals surface area contributed by atoms with Crippen LogP contribution in [0, 0.1) is 13.8 Å². The molecule has 1 aliphatic rings. The van der Waals surface area contributed by atoms with Crippen molar-refractivity contribution < 1.29 is 9.63 Å². The fraction of sp³-hybridized carbons (Fsp3) is 0.308. The summed E-state index contributed by atoms with van der Waals surface area (Å²) in [7, 11) is 0. The van der Waals surface area contributed by atoms with Crippen molar-refractivity contribution >= 4 is 11.6 Å². The first-order valence-electron chi connectivity index (χ1n) is 5.51. The Morgan fingerprint density at radius 3 is 2.53 bits per heavy atom. The molecule has 90 valence electrons. The van der Waals surface area contributed by atoms with Crippen LogP contribution in [0.3, 0.4) is 0 Å². The zero-order chi connectivity index (χ0) is 12.5. The molecule has 0 saturated heterocycles. The van der Waals surface area contributed by atoms with Crippen molar-refractivity contribution in [1.29, 1.82) is 0 Å². The normalized spacial score (nSPS) is 22.3. The van der Waals surface area contributed by atoms with Crippen molar-refractivity contribution in [3.8, 4) is 0 Å². The minimum atomic E-state index is -0.811. The average Bonchev–Trinajstić information content (AvgIpc) is 2.72. The van der Waals surface area contributed by atoms with Gasteiger partial charge in [0, 0.05) is 5.69 Å². The first kappa shape index (κ1) is 11.7. The smallest absolute Gasteiger partial charge is 0.251 e. The Balaban J connectivity index is 2.22. The largest absolute Gasteiger partial charge is 0.415 e. The summed E-state index contributed by atoms with van der Waals surface area (Å²) < 4.78 is 0. The molecule has 0 radical (unpaired) electrons. The molecule has 1 aliphatic heterocycles. The Kier molecular flexibility index (Phi) is 2.90. The molecule has 2 rings (SSSR count). The van der Waals surface area contributed by atoms with Gasteiger partial charge in [-0.2, -0.15) is 0 Å². The second-order valence-electron chi connectivity index (χ2n) is 4.45. The second-order valence-corrected chi connectivity index (χ2v) is 4.45. The van der Waals surface area contributed by atoms with E-state index in [9.17, 15) is 4.79 Å². The standard InChI is InChI=1S/C13H16N2O2/c1-9-5-4-6-10(2)11(9)14-12(16)13(3)7-8-17-15-13/h4-8,15H,1-3H3,(H,14,16). The van der Waals surface area contributed by atoms with Gasteiger partial charge in [0.25, 0.3) is 5.91 Å². The number of carbonyl (C=O) groups excluding carboxylic acids is 1. The van der Waals surface area contributed by atoms with Gasteiger partial charge >= 0.3 is 0 Å². The van der Waals surface area contributed by atoms with Gasteiger partial charge in [-0.15, -0.1) is 5.48 Å². The van der Waals surface area contributed by atoms with Gasteiger partial charge in [0.2, 0.25) is 0 Å². The maximum absolute atomic E-state index is 12.1. The van der Waals surface area contributed by atoms with E-state index in [0.29, 0.717) is 0 Å². The topological polar surface area (TPSA) is 50.4 Å². The Morgan fingerprint density at radius 2 is 2.00 bits per heavy atom. The van der Waals surface area contributed by atoms with Crippen molar-refractivity contribution in [1.82, 2.24) is 5.48 Å². The molecule has 1 aromatic carbocycles. The molecule has 0 bridgehead atoms. The number of hydroxylamine groups is 1. The van der Waals surface area contributed by atoms with Crippen LogP contribution in [0.15, 0.2) is 30.5 Å². The molecule has 0 saturated carbocycles. The first-order valence-corrected chi connectivity index (χ1v) is 5.51. The molecule has 2 N–H and O–H groups in total. The van der Waals surface area contributed by atoms with Crippen LogP contribution in [-0.4, -0.2) is 11.4 Å². The molecule has 1 heterocycles. The van der Waals surface area contributed by atoms with Gasteiger partial charge in [-0.25, -0.2) is 0 Å². The highest BCUT2D eigenvalue weighted by atomic mass is 16.6. The fourth-order valence-corrected chi connectivity index (χ4v) is 1.74. The fourth-order valence-electron chi connectivity index (χ4n) is 1.74. The van der Waals surface area contributed by atoms with E-state index in [1.807, 2.05) is 32.0 Å². The maximum atomic E-state index is 12.1. The van der Waals surface area contributed by atoms with Crippen molar-refractivity contribution in [2.45, 2.75) is 26.3 Å². The molecule has 1 atom stereocenters. The molecule has 0 spiro atoms. The van der Waals surface area contributed by atoms with Crippen molar-refractivity contribution in [2.24, 2.45) is 0 Å². The Hall–Kier alpha value is -1.81. The minimum absolute atomic E-state index is 0.136. The number of aryl methyl sites for hydroxylation is 2. The predicted octanol–water partition coefficient (Wildman–Crippen LogP) is 2.05. The van der Waals surface area contributed by atoms with Crippen LogP contribution >= 0.6 is 0 Å². The third-order valence-corrected chi connectivity index (χ3v) is 2.93. The van der Waals surface area contributed by atoms with Crippen molar-refractivity contribution in [3.05, 3.63) is 41.7 Å². The minimum Gasteiger partial charge on any atom is -0.415 e. The van der Waals surface area contributed by atoms with E-state index in [1.165, 1.54) is 6.26 Å². The summed E-state index contributed by atoms with van der Waals surface area (Å²) >= 11 is 0. The van der Waals surface area contributed by atoms with Crippen molar-refractivity contribution in [3.63, 3.8) is 0 Å². The lowest BCUT2D eigenvalue weighted by Crippen LogP contribution is -2.47. The van der Waals surface area contributed by atoms with Crippen LogP contribution in [0.2, 0.25) is 0 Å². The summed E-state index contributed by atoms with van der Waals surface area (Å²) in [6.45, 7) is 5.71. The number of rotatable bonds is 2. The van der Waals surface area contributed by atoms with Gasteiger partial charge in [0.05, 0.1) is 0 Å². The number of hydrogen-bond donors (Lipinski definition) is 2. The van der Waals surface area contributed by atoms with Crippen LogP contribution in [-0.2, 0) is 9.63 Å². The summed E-state index contributed by atoms with van der Waals surface area (Å²) in [5.41, 5.74) is 4.81. The van der Waals surface area contributed by atoms with Crippen LogP contribution in [0.4, 0.5) is 5.69 Å². The van der Waals surface area contributed by atoms with E-state index in [1.54, 1.807) is 13.0 Å². The first-order chi connectivity index (χ1) is 8.03. The second kappa shape index (κ2) is 4.22. The Labute approximate surface area is 101 Å². The van der Waals surface area contributed by atoms with Gasteiger partial charge in [-0.1, -0.05) is 18.2 Å². The number of amides is 1. The zero-order valence-corrected chi connectivity index (χ0v) is 10.2. The summed E-state index contributed by atoms with van der Waals surface area (Å²) in [6, 6.07) is 5.91. The lowest BCUT2D eigenvalue weighted by molar-refractivity contribution is -0.122. The molecule has 1 aromatic rings. The predicted molar refractivity (Wildman–Crippen MR) is 66.3 cm³/mol. The number of benzene rings is 1. The van der Waals surface area contributed by atoms with Crippen LogP contribution < -0.4 is 10.8 Å². The lowest BCUT2D eigenvalue weighted by Gasteiger charge is -2.21. The average molecular weight is 232 g/mol. The number of anilines is 1. The van der Waals surface area contributed by atoms with E-state index in [2.05, 4.69) is 10.8 Å². The van der Waals surface area contributed by atoms with Gasteiger partial charge < -0.3 is 10.2 Å². The third-order valence-electron chi connectivity index (χ3n) is 2.93. The van der Waals surface area contributed by atoms with Crippen LogP contribution in [0.5, 0.6) is 0 Å². The summed E-state index contributed by atoms with van der Waals surface area (Å²) in [6.07, 6.45) is 3.17. The van der Waals surface area contributed by atoms with Gasteiger partial charge in [-0.05, 0) is 38.0 Å². The number of hydrogen-bond acceptors (Lipinski definition) is 3. The molecule has 1 unspecified atom stereocenters. The number of carbonyl (C=O) groups is 1. The maximum Gasteiger partial charge on any atom is 0.251 e. The summed E-state index contributed by atoms with van der Waals surface area (Å²) in [4.78, 5) is 17.0. The number of para-hydroxylation sites is 1. The van der Waals surface area contributed by atoms with Crippen LogP contribution in [0.1, 0.15) is 18.1 Å². The molecule has 0 aliphatic carbocycles. The highest BCUT2D eigenvalue weighted by Crippen LogP contribution is 2.22. The van der Waals surface area contributed by atoms with Crippen LogP contribution in [0.25, 0.3) is 0 Å². The van der Waals surface area contributed by atoms with Gasteiger partial charge in [-0.3, -0.25) is 4.79 Å². The molecule has 4 nitrogen and oxygen atoms in total. The Bertz CT molecular complexity index is 462. The van der Waals surface area contributed by atoms with Gasteiger partial charge in [0.15, 0.2) is 5.54 Å². The van der Waals surface area contributed by atoms with E-state index in [-0.39, 0.29) is 5.91 Å². The monoisotopic (exact) mass is 232 g/mol. The lowest BCUT2D eigenvalue weighted by atomic mass is 10.0.